The summed E-state index contributed by atoms with van der Waals surface area (Å²) in [5, 5.41) is 7.02. The Morgan fingerprint density at radius 2 is 1.86 bits per heavy atom. The molecule has 0 spiro atoms. The predicted molar refractivity (Wildman–Crippen MR) is 119 cm³/mol. The van der Waals surface area contributed by atoms with Gasteiger partial charge in [0.25, 0.3) is 0 Å². The summed E-state index contributed by atoms with van der Waals surface area (Å²) in [7, 11) is 1.85. The van der Waals surface area contributed by atoms with Crippen molar-refractivity contribution in [2.75, 3.05) is 44.7 Å². The minimum Gasteiger partial charge on any atom is -0.360 e. The van der Waals surface area contributed by atoms with E-state index in [1.165, 1.54) is 16.1 Å². The minimum atomic E-state index is 0.271. The third-order valence-electron chi connectivity index (χ3n) is 5.70. The van der Waals surface area contributed by atoms with Crippen LogP contribution in [0.25, 0.3) is 0 Å². The van der Waals surface area contributed by atoms with Crippen molar-refractivity contribution in [1.29, 1.82) is 0 Å². The SMILES string of the molecule is CN=C(NCc1ccccc1CN1CCCC1=O)N1CCN(c2cccs2)CC1. The number of thiophene rings is 1. The molecule has 0 unspecified atom stereocenters. The number of nitrogens with one attached hydrogen (secondary N) is 1. The molecule has 1 N–H and O–H groups in total. The van der Waals surface area contributed by atoms with Crippen molar-refractivity contribution >= 4 is 28.2 Å². The number of amides is 1. The summed E-state index contributed by atoms with van der Waals surface area (Å²) in [5.74, 6) is 1.22. The van der Waals surface area contributed by atoms with Crippen LogP contribution in [-0.4, -0.2) is 61.4 Å². The maximum absolute atomic E-state index is 12.0. The van der Waals surface area contributed by atoms with Gasteiger partial charge in [0, 0.05) is 59.3 Å². The molecule has 7 heteroatoms. The van der Waals surface area contributed by atoms with Crippen LogP contribution in [0.15, 0.2) is 46.8 Å². The van der Waals surface area contributed by atoms with Crippen LogP contribution in [0.2, 0.25) is 0 Å². The molecule has 2 saturated heterocycles. The zero-order valence-electron chi connectivity index (χ0n) is 17.0. The molecule has 0 atom stereocenters. The van der Waals surface area contributed by atoms with Gasteiger partial charge in [-0.25, -0.2) is 0 Å². The summed E-state index contributed by atoms with van der Waals surface area (Å²) >= 11 is 1.80. The van der Waals surface area contributed by atoms with E-state index in [4.69, 9.17) is 0 Å². The molecule has 2 aliphatic rings. The Hall–Kier alpha value is -2.54. The van der Waals surface area contributed by atoms with Crippen molar-refractivity contribution < 1.29 is 4.79 Å². The Balaban J connectivity index is 1.34. The molecule has 6 nitrogen and oxygen atoms in total. The number of carbonyl (C=O) groups is 1. The van der Waals surface area contributed by atoms with Crippen LogP contribution in [0.1, 0.15) is 24.0 Å². The third kappa shape index (κ3) is 4.72. The van der Waals surface area contributed by atoms with Gasteiger partial charge in [-0.2, -0.15) is 0 Å². The molecule has 0 saturated carbocycles. The fraction of sp³-hybridized carbons (Fsp3) is 0.455. The van der Waals surface area contributed by atoms with Crippen molar-refractivity contribution in [1.82, 2.24) is 15.1 Å². The number of piperazine rings is 1. The van der Waals surface area contributed by atoms with E-state index in [0.717, 1.165) is 51.6 Å². The normalized spacial score (nSPS) is 17.9. The molecule has 2 aliphatic heterocycles. The number of hydrogen-bond acceptors (Lipinski definition) is 4. The molecular weight excluding hydrogens is 382 g/mol. The number of benzene rings is 1. The molecule has 1 aromatic carbocycles. The van der Waals surface area contributed by atoms with Gasteiger partial charge in [-0.1, -0.05) is 24.3 Å². The Labute approximate surface area is 176 Å². The van der Waals surface area contributed by atoms with Crippen LogP contribution in [0.5, 0.6) is 0 Å². The Kier molecular flexibility index (Phi) is 6.34. The highest BCUT2D eigenvalue weighted by Gasteiger charge is 2.22. The molecule has 3 heterocycles. The van der Waals surface area contributed by atoms with Gasteiger partial charge in [-0.15, -0.1) is 11.3 Å². The molecule has 1 aromatic heterocycles. The molecule has 0 radical (unpaired) electrons. The van der Waals surface area contributed by atoms with Gasteiger partial charge < -0.3 is 20.0 Å². The molecule has 154 valence electrons. The topological polar surface area (TPSA) is 51.2 Å². The fourth-order valence-corrected chi connectivity index (χ4v) is 4.84. The van der Waals surface area contributed by atoms with Gasteiger partial charge in [0.2, 0.25) is 5.91 Å². The standard InChI is InChI=1S/C22H29N5OS/c1-23-22(26-13-11-25(12-14-26)21-9-5-15-29-21)24-16-18-6-2-3-7-19(18)17-27-10-4-8-20(27)28/h2-3,5-7,9,15H,4,8,10-14,16-17H2,1H3,(H,23,24). The fourth-order valence-electron chi connectivity index (χ4n) is 4.06. The second-order valence-electron chi connectivity index (χ2n) is 7.51. The number of nitrogens with zero attached hydrogens (tertiary/aromatic N) is 4. The molecule has 29 heavy (non-hydrogen) atoms. The van der Waals surface area contributed by atoms with Crippen molar-refractivity contribution in [3.8, 4) is 0 Å². The molecular formula is C22H29N5OS. The van der Waals surface area contributed by atoms with Gasteiger partial charge in [0.05, 0.1) is 5.00 Å². The lowest BCUT2D eigenvalue weighted by Gasteiger charge is -2.37. The van der Waals surface area contributed by atoms with E-state index < -0.39 is 0 Å². The minimum absolute atomic E-state index is 0.271. The quantitative estimate of drug-likeness (QED) is 0.607. The first-order valence-corrected chi connectivity index (χ1v) is 11.2. The first-order chi connectivity index (χ1) is 14.2. The largest absolute Gasteiger partial charge is 0.360 e. The molecule has 0 aliphatic carbocycles. The highest BCUT2D eigenvalue weighted by molar-refractivity contribution is 7.14. The number of rotatable bonds is 5. The molecule has 2 fully saturated rings. The van der Waals surface area contributed by atoms with E-state index in [2.05, 4.69) is 61.9 Å². The van der Waals surface area contributed by atoms with E-state index in [-0.39, 0.29) is 5.91 Å². The van der Waals surface area contributed by atoms with Crippen molar-refractivity contribution in [2.24, 2.45) is 4.99 Å². The zero-order valence-corrected chi connectivity index (χ0v) is 17.8. The van der Waals surface area contributed by atoms with Crippen molar-refractivity contribution in [3.05, 3.63) is 52.9 Å². The summed E-state index contributed by atoms with van der Waals surface area (Å²) in [6.45, 7) is 6.23. The van der Waals surface area contributed by atoms with E-state index in [1.807, 2.05) is 11.9 Å². The Bertz CT molecular complexity index is 843. The number of aliphatic imine (C=N–C) groups is 1. The summed E-state index contributed by atoms with van der Waals surface area (Å²) in [6.07, 6.45) is 1.66. The van der Waals surface area contributed by atoms with Crippen LogP contribution in [0.3, 0.4) is 0 Å². The van der Waals surface area contributed by atoms with Gasteiger partial charge in [0.15, 0.2) is 5.96 Å². The van der Waals surface area contributed by atoms with Crippen LogP contribution in [0.4, 0.5) is 5.00 Å². The van der Waals surface area contributed by atoms with Crippen LogP contribution >= 0.6 is 11.3 Å². The second-order valence-corrected chi connectivity index (χ2v) is 8.44. The Morgan fingerprint density at radius 1 is 1.07 bits per heavy atom. The number of hydrogen-bond donors (Lipinski definition) is 1. The van der Waals surface area contributed by atoms with Gasteiger partial charge >= 0.3 is 0 Å². The van der Waals surface area contributed by atoms with Gasteiger partial charge in [-0.05, 0) is 35.1 Å². The monoisotopic (exact) mass is 411 g/mol. The highest BCUT2D eigenvalue weighted by atomic mass is 32.1. The van der Waals surface area contributed by atoms with E-state index in [9.17, 15) is 4.79 Å². The molecule has 0 bridgehead atoms. The van der Waals surface area contributed by atoms with Crippen LogP contribution in [0, 0.1) is 0 Å². The smallest absolute Gasteiger partial charge is 0.222 e. The lowest BCUT2D eigenvalue weighted by Crippen LogP contribution is -2.52. The lowest BCUT2D eigenvalue weighted by atomic mass is 10.1. The average Bonchev–Trinajstić information content (AvgIpc) is 3.43. The summed E-state index contributed by atoms with van der Waals surface area (Å²) in [4.78, 5) is 23.3. The van der Waals surface area contributed by atoms with E-state index >= 15 is 0 Å². The zero-order chi connectivity index (χ0) is 20.1. The first-order valence-electron chi connectivity index (χ1n) is 10.3. The van der Waals surface area contributed by atoms with Gasteiger partial charge in [-0.3, -0.25) is 9.79 Å². The number of likely N-dealkylation sites (tertiary alicyclic amines) is 1. The molecule has 4 rings (SSSR count). The second kappa shape index (κ2) is 9.31. The number of anilines is 1. The first kappa shape index (κ1) is 19.8. The van der Waals surface area contributed by atoms with E-state index in [0.29, 0.717) is 13.0 Å². The predicted octanol–water partition coefficient (Wildman–Crippen LogP) is 2.77. The molecule has 2 aromatic rings. The maximum Gasteiger partial charge on any atom is 0.222 e. The summed E-state index contributed by atoms with van der Waals surface area (Å²) in [5.41, 5.74) is 2.44. The van der Waals surface area contributed by atoms with Crippen molar-refractivity contribution in [3.63, 3.8) is 0 Å². The Morgan fingerprint density at radius 3 is 2.52 bits per heavy atom. The summed E-state index contributed by atoms with van der Waals surface area (Å²) < 4.78 is 0. The van der Waals surface area contributed by atoms with Crippen molar-refractivity contribution in [2.45, 2.75) is 25.9 Å². The number of carbonyl (C=O) groups excluding carboxylic acids is 1. The third-order valence-corrected chi connectivity index (χ3v) is 6.63. The highest BCUT2D eigenvalue weighted by Crippen LogP contribution is 2.22. The summed E-state index contributed by atoms with van der Waals surface area (Å²) in [6, 6.07) is 12.7. The van der Waals surface area contributed by atoms with Crippen LogP contribution in [-0.2, 0) is 17.9 Å². The maximum atomic E-state index is 12.0. The van der Waals surface area contributed by atoms with Crippen LogP contribution < -0.4 is 10.2 Å². The lowest BCUT2D eigenvalue weighted by molar-refractivity contribution is -0.128. The van der Waals surface area contributed by atoms with Gasteiger partial charge in [0.1, 0.15) is 0 Å². The molecule has 1 amide bonds. The average molecular weight is 412 g/mol. The van der Waals surface area contributed by atoms with E-state index in [1.54, 1.807) is 11.3 Å². The number of guanidine groups is 1.